The molecule has 1 aliphatic rings. The van der Waals surface area contributed by atoms with Gasteiger partial charge in [-0.1, -0.05) is 32.9 Å². The van der Waals surface area contributed by atoms with E-state index in [1.807, 2.05) is 18.2 Å². The van der Waals surface area contributed by atoms with E-state index < -0.39 is 12.7 Å². The lowest BCUT2D eigenvalue weighted by Crippen LogP contribution is -2.18. The molecule has 0 N–H and O–H groups in total. The number of aromatic nitrogens is 2. The summed E-state index contributed by atoms with van der Waals surface area (Å²) in [5.41, 5.74) is 1.95. The summed E-state index contributed by atoms with van der Waals surface area (Å²) in [6.45, 7) is 5.60. The van der Waals surface area contributed by atoms with Crippen molar-refractivity contribution in [1.29, 1.82) is 0 Å². The number of benzene rings is 1. The Morgan fingerprint density at radius 2 is 1.95 bits per heavy atom. The largest absolute Gasteiger partial charge is 0.408 e. The Bertz CT molecular complexity index is 664. The molecule has 0 radical (unpaired) electrons. The summed E-state index contributed by atoms with van der Waals surface area (Å²) in [5.74, 6) is 1.07. The molecule has 5 heteroatoms. The number of rotatable bonds is 2. The van der Waals surface area contributed by atoms with Crippen LogP contribution in [0.3, 0.4) is 0 Å². The number of hydrogen-bond donors (Lipinski definition) is 0. The van der Waals surface area contributed by atoms with Gasteiger partial charge in [-0.3, -0.25) is 4.68 Å². The van der Waals surface area contributed by atoms with Gasteiger partial charge in [0.2, 0.25) is 0 Å². The Labute approximate surface area is 121 Å². The highest BCUT2D eigenvalue weighted by Gasteiger charge is 2.45. The molecular weight excluding hydrogens is 277 g/mol. The van der Waals surface area contributed by atoms with Gasteiger partial charge in [0.25, 0.3) is 0 Å². The average molecular weight is 296 g/mol. The van der Waals surface area contributed by atoms with Crippen molar-refractivity contribution in [3.8, 4) is 0 Å². The molecule has 1 aromatic carbocycles. The standard InChI is InChI=1S/C16H19F3N2/c1-15(2,3)13-7-12(13)10-4-5-11-8-20-21(14(11)6-10)9-16(17,18)19/h4-6,8,12-13H,7,9H2,1-3H3/t12-,13+/m1/s1. The molecular formula is C16H19F3N2. The molecule has 2 atom stereocenters. The van der Waals surface area contributed by atoms with Crippen LogP contribution in [0.2, 0.25) is 0 Å². The van der Waals surface area contributed by atoms with Gasteiger partial charge in [0.1, 0.15) is 6.54 Å². The molecule has 2 nitrogen and oxygen atoms in total. The first-order valence-electron chi connectivity index (χ1n) is 7.17. The summed E-state index contributed by atoms with van der Waals surface area (Å²) < 4.78 is 38.8. The quantitative estimate of drug-likeness (QED) is 0.782. The van der Waals surface area contributed by atoms with Crippen LogP contribution in [0.1, 0.15) is 38.7 Å². The van der Waals surface area contributed by atoms with Crippen LogP contribution in [0.4, 0.5) is 13.2 Å². The predicted octanol–water partition coefficient (Wildman–Crippen LogP) is 4.75. The maximum atomic E-state index is 12.6. The minimum Gasteiger partial charge on any atom is -0.256 e. The number of halogens is 3. The van der Waals surface area contributed by atoms with E-state index in [9.17, 15) is 13.2 Å². The van der Waals surface area contributed by atoms with E-state index >= 15 is 0 Å². The van der Waals surface area contributed by atoms with Crippen LogP contribution in [0.15, 0.2) is 24.4 Å². The minimum atomic E-state index is -4.25. The van der Waals surface area contributed by atoms with Crippen LogP contribution >= 0.6 is 0 Å². The zero-order valence-electron chi connectivity index (χ0n) is 12.4. The molecule has 1 fully saturated rings. The molecule has 0 aliphatic heterocycles. The second-order valence-electron chi connectivity index (χ2n) is 7.05. The summed E-state index contributed by atoms with van der Waals surface area (Å²) >= 11 is 0. The second kappa shape index (κ2) is 4.49. The van der Waals surface area contributed by atoms with Gasteiger partial charge < -0.3 is 0 Å². The number of alkyl halides is 3. The van der Waals surface area contributed by atoms with Gasteiger partial charge in [-0.15, -0.1) is 0 Å². The van der Waals surface area contributed by atoms with Gasteiger partial charge in [0, 0.05) is 5.39 Å². The third-order valence-corrected chi connectivity index (χ3v) is 4.33. The summed E-state index contributed by atoms with van der Waals surface area (Å²) in [4.78, 5) is 0. The molecule has 1 heterocycles. The Kier molecular flexibility index (Phi) is 3.08. The lowest BCUT2D eigenvalue weighted by Gasteiger charge is -2.18. The lowest BCUT2D eigenvalue weighted by molar-refractivity contribution is -0.141. The van der Waals surface area contributed by atoms with Crippen LogP contribution < -0.4 is 0 Å². The predicted molar refractivity (Wildman–Crippen MR) is 76.1 cm³/mol. The third-order valence-electron chi connectivity index (χ3n) is 4.33. The Balaban J connectivity index is 1.91. The molecule has 1 saturated carbocycles. The molecule has 0 saturated heterocycles. The number of hydrogen-bond acceptors (Lipinski definition) is 1. The van der Waals surface area contributed by atoms with Crippen molar-refractivity contribution in [2.75, 3.05) is 0 Å². The third kappa shape index (κ3) is 2.92. The SMILES string of the molecule is CC(C)(C)[C@H]1C[C@@H]1c1ccc2cnn(CC(F)(F)F)c2c1. The molecule has 0 bridgehead atoms. The van der Waals surface area contributed by atoms with E-state index in [0.29, 0.717) is 17.4 Å². The zero-order valence-corrected chi connectivity index (χ0v) is 12.4. The summed E-state index contributed by atoms with van der Waals surface area (Å²) in [6.07, 6.45) is -1.64. The van der Waals surface area contributed by atoms with Gasteiger partial charge in [-0.2, -0.15) is 18.3 Å². The fraction of sp³-hybridized carbons (Fsp3) is 0.562. The Morgan fingerprint density at radius 1 is 1.24 bits per heavy atom. The van der Waals surface area contributed by atoms with Gasteiger partial charge in [-0.25, -0.2) is 0 Å². The monoisotopic (exact) mass is 296 g/mol. The van der Waals surface area contributed by atoms with E-state index in [0.717, 1.165) is 22.1 Å². The molecule has 0 spiro atoms. The van der Waals surface area contributed by atoms with Gasteiger partial charge >= 0.3 is 6.18 Å². The maximum Gasteiger partial charge on any atom is 0.408 e. The van der Waals surface area contributed by atoms with Crippen LogP contribution in [0.25, 0.3) is 10.9 Å². The number of nitrogens with zero attached hydrogens (tertiary/aromatic N) is 2. The number of fused-ring (bicyclic) bond motifs is 1. The molecule has 1 aromatic heterocycles. The normalized spacial score (nSPS) is 22.8. The van der Waals surface area contributed by atoms with Crippen molar-refractivity contribution in [2.45, 2.75) is 45.8 Å². The second-order valence-corrected chi connectivity index (χ2v) is 7.05. The van der Waals surface area contributed by atoms with Crippen LogP contribution in [0, 0.1) is 11.3 Å². The van der Waals surface area contributed by atoms with Crippen molar-refractivity contribution < 1.29 is 13.2 Å². The molecule has 0 unspecified atom stereocenters. The fourth-order valence-corrected chi connectivity index (χ4v) is 3.13. The molecule has 1 aliphatic carbocycles. The summed E-state index contributed by atoms with van der Waals surface area (Å²) in [6, 6.07) is 5.78. The fourth-order valence-electron chi connectivity index (χ4n) is 3.13. The first kappa shape index (κ1) is 14.4. The topological polar surface area (TPSA) is 17.8 Å². The molecule has 114 valence electrons. The minimum absolute atomic E-state index is 0.242. The average Bonchev–Trinajstić information content (AvgIpc) is 3.06. The molecule has 2 aromatic rings. The lowest BCUT2D eigenvalue weighted by atomic mass is 9.87. The first-order valence-corrected chi connectivity index (χ1v) is 7.17. The van der Waals surface area contributed by atoms with Crippen LogP contribution in [-0.4, -0.2) is 16.0 Å². The highest BCUT2D eigenvalue weighted by atomic mass is 19.4. The van der Waals surface area contributed by atoms with E-state index in [2.05, 4.69) is 25.9 Å². The highest BCUT2D eigenvalue weighted by Crippen LogP contribution is 2.56. The highest BCUT2D eigenvalue weighted by molar-refractivity contribution is 5.79. The van der Waals surface area contributed by atoms with Crippen LogP contribution in [-0.2, 0) is 6.54 Å². The van der Waals surface area contributed by atoms with Crippen LogP contribution in [0.5, 0.6) is 0 Å². The van der Waals surface area contributed by atoms with Gasteiger partial charge in [0.15, 0.2) is 0 Å². The van der Waals surface area contributed by atoms with Crippen molar-refractivity contribution in [3.05, 3.63) is 30.0 Å². The molecule has 3 rings (SSSR count). The van der Waals surface area contributed by atoms with Crippen molar-refractivity contribution >= 4 is 10.9 Å². The van der Waals surface area contributed by atoms with E-state index in [1.54, 1.807) is 0 Å². The van der Waals surface area contributed by atoms with Crippen molar-refractivity contribution in [2.24, 2.45) is 11.3 Å². The van der Waals surface area contributed by atoms with E-state index in [1.165, 1.54) is 6.20 Å². The van der Waals surface area contributed by atoms with Gasteiger partial charge in [0.05, 0.1) is 11.7 Å². The van der Waals surface area contributed by atoms with Crippen molar-refractivity contribution in [1.82, 2.24) is 9.78 Å². The van der Waals surface area contributed by atoms with Gasteiger partial charge in [-0.05, 0) is 35.3 Å². The Morgan fingerprint density at radius 3 is 2.52 bits per heavy atom. The molecule has 21 heavy (non-hydrogen) atoms. The summed E-state index contributed by atoms with van der Waals surface area (Å²) in [7, 11) is 0. The summed E-state index contributed by atoms with van der Waals surface area (Å²) in [5, 5.41) is 4.63. The zero-order chi connectivity index (χ0) is 15.4. The van der Waals surface area contributed by atoms with Crippen molar-refractivity contribution in [3.63, 3.8) is 0 Å². The maximum absolute atomic E-state index is 12.6. The molecule has 0 amide bonds. The smallest absolute Gasteiger partial charge is 0.256 e. The van der Waals surface area contributed by atoms with E-state index in [-0.39, 0.29) is 5.41 Å². The first-order chi connectivity index (χ1) is 9.65. The Hall–Kier alpha value is -1.52. The van der Waals surface area contributed by atoms with E-state index in [4.69, 9.17) is 0 Å².